The monoisotopic (exact) mass is 525 g/mol. The molecule has 0 radical (unpaired) electrons. The van der Waals surface area contributed by atoms with Crippen molar-refractivity contribution < 1.29 is 0 Å². The summed E-state index contributed by atoms with van der Waals surface area (Å²) in [6.07, 6.45) is 2.21. The number of nitrogens with zero attached hydrogens (tertiary/aromatic N) is 1. The molecule has 0 fully saturated rings. The van der Waals surface area contributed by atoms with Gasteiger partial charge in [-0.05, 0) is 85.9 Å². The molecule has 0 bridgehead atoms. The Morgan fingerprint density at radius 3 is 1.73 bits per heavy atom. The second-order valence-corrected chi connectivity index (χ2v) is 11.6. The Morgan fingerprint density at radius 1 is 0.400 bits per heavy atom. The minimum atomic E-state index is 1.18. The number of fused-ring (bicyclic) bond motifs is 11. The molecule has 0 spiro atoms. The molecular formula is C38H23NS. The van der Waals surface area contributed by atoms with Gasteiger partial charge in [-0.2, -0.15) is 0 Å². The highest BCUT2D eigenvalue weighted by Gasteiger charge is 2.13. The van der Waals surface area contributed by atoms with Crippen LogP contribution < -0.4 is 0 Å². The fraction of sp³-hybridized carbons (Fsp3) is 0. The van der Waals surface area contributed by atoms with Gasteiger partial charge in [0.05, 0.1) is 5.52 Å². The molecule has 2 heterocycles. The first-order chi connectivity index (χ1) is 19.8. The fourth-order valence-corrected chi connectivity index (χ4v) is 7.69. The van der Waals surface area contributed by atoms with Crippen molar-refractivity contribution in [1.29, 1.82) is 0 Å². The van der Waals surface area contributed by atoms with Crippen molar-refractivity contribution >= 4 is 74.7 Å². The van der Waals surface area contributed by atoms with Crippen LogP contribution in [-0.4, -0.2) is 4.57 Å². The van der Waals surface area contributed by atoms with Gasteiger partial charge in [-0.1, -0.05) is 91.0 Å². The summed E-state index contributed by atoms with van der Waals surface area (Å²) in [6, 6.07) is 49.0. The van der Waals surface area contributed by atoms with E-state index in [1.807, 2.05) is 11.3 Å². The molecule has 0 N–H and O–H groups in total. The molecule has 0 aliphatic rings. The lowest BCUT2D eigenvalue weighted by Crippen LogP contribution is -1.91. The van der Waals surface area contributed by atoms with Crippen molar-refractivity contribution in [3.63, 3.8) is 0 Å². The number of thiophene rings is 1. The van der Waals surface area contributed by atoms with Crippen LogP contribution in [0.2, 0.25) is 0 Å². The van der Waals surface area contributed by atoms with Crippen molar-refractivity contribution in [2.45, 2.75) is 0 Å². The van der Waals surface area contributed by atoms with E-state index in [0.29, 0.717) is 0 Å². The molecule has 0 atom stereocenters. The first-order valence-corrected chi connectivity index (χ1v) is 14.5. The lowest BCUT2D eigenvalue weighted by molar-refractivity contribution is 1.13. The fourth-order valence-electron chi connectivity index (χ4n) is 6.57. The third kappa shape index (κ3) is 3.08. The van der Waals surface area contributed by atoms with Gasteiger partial charge in [0.1, 0.15) is 0 Å². The summed E-state index contributed by atoms with van der Waals surface area (Å²) >= 11 is 1.87. The quantitative estimate of drug-likeness (QED) is 0.198. The summed E-state index contributed by atoms with van der Waals surface area (Å²) in [7, 11) is 0. The van der Waals surface area contributed by atoms with Gasteiger partial charge in [0.25, 0.3) is 0 Å². The summed E-state index contributed by atoms with van der Waals surface area (Å²) in [4.78, 5) is 0. The van der Waals surface area contributed by atoms with E-state index in [1.165, 1.54) is 80.2 Å². The SMILES string of the molecule is c1ccc2c(c1)sc1ccc3c(ccn3-c3ccc(-c4ccc5c6ccccc6c6ccccc6c5c4)cc3)c12. The molecule has 2 heteroatoms. The molecule has 186 valence electrons. The van der Waals surface area contributed by atoms with Gasteiger partial charge in [-0.15, -0.1) is 11.3 Å². The van der Waals surface area contributed by atoms with E-state index < -0.39 is 0 Å². The van der Waals surface area contributed by atoms with Crippen LogP contribution in [0.3, 0.4) is 0 Å². The Hall–Kier alpha value is -4.92. The van der Waals surface area contributed by atoms with E-state index in [9.17, 15) is 0 Å². The summed E-state index contributed by atoms with van der Waals surface area (Å²) in [5.41, 5.74) is 4.89. The van der Waals surface area contributed by atoms with Crippen molar-refractivity contribution in [2.24, 2.45) is 0 Å². The summed E-state index contributed by atoms with van der Waals surface area (Å²) in [5, 5.41) is 11.9. The topological polar surface area (TPSA) is 4.93 Å². The van der Waals surface area contributed by atoms with Crippen LogP contribution in [0.15, 0.2) is 140 Å². The zero-order valence-electron chi connectivity index (χ0n) is 21.6. The molecular weight excluding hydrogens is 502 g/mol. The van der Waals surface area contributed by atoms with Crippen LogP contribution >= 0.6 is 11.3 Å². The molecule has 7 aromatic carbocycles. The molecule has 0 saturated heterocycles. The summed E-state index contributed by atoms with van der Waals surface area (Å²) < 4.78 is 5.00. The maximum absolute atomic E-state index is 2.36. The van der Waals surface area contributed by atoms with Crippen LogP contribution in [0, 0.1) is 0 Å². The molecule has 0 unspecified atom stereocenters. The zero-order valence-corrected chi connectivity index (χ0v) is 22.5. The van der Waals surface area contributed by atoms with E-state index in [1.54, 1.807) is 0 Å². The van der Waals surface area contributed by atoms with Gasteiger partial charge >= 0.3 is 0 Å². The van der Waals surface area contributed by atoms with Gasteiger partial charge in [0.15, 0.2) is 0 Å². The van der Waals surface area contributed by atoms with Gasteiger partial charge in [0, 0.05) is 37.4 Å². The first-order valence-electron chi connectivity index (χ1n) is 13.7. The van der Waals surface area contributed by atoms with Gasteiger partial charge in [-0.25, -0.2) is 0 Å². The average Bonchev–Trinajstić information content (AvgIpc) is 3.62. The molecule has 1 nitrogen and oxygen atoms in total. The minimum absolute atomic E-state index is 1.18. The molecule has 2 aromatic heterocycles. The van der Waals surface area contributed by atoms with E-state index in [-0.39, 0.29) is 0 Å². The third-order valence-corrected chi connectivity index (χ3v) is 9.57. The summed E-state index contributed by atoms with van der Waals surface area (Å²) in [6.45, 7) is 0. The van der Waals surface area contributed by atoms with E-state index >= 15 is 0 Å². The highest BCUT2D eigenvalue weighted by atomic mass is 32.1. The lowest BCUT2D eigenvalue weighted by atomic mass is 9.92. The van der Waals surface area contributed by atoms with Gasteiger partial charge in [0.2, 0.25) is 0 Å². The maximum atomic E-state index is 2.36. The number of aromatic nitrogens is 1. The van der Waals surface area contributed by atoms with Crippen molar-refractivity contribution in [3.05, 3.63) is 140 Å². The molecule has 9 aromatic rings. The van der Waals surface area contributed by atoms with E-state index in [2.05, 4.69) is 144 Å². The van der Waals surface area contributed by atoms with Crippen LogP contribution in [0.5, 0.6) is 0 Å². The molecule has 40 heavy (non-hydrogen) atoms. The van der Waals surface area contributed by atoms with Crippen molar-refractivity contribution in [3.8, 4) is 16.8 Å². The highest BCUT2D eigenvalue weighted by Crippen LogP contribution is 2.40. The largest absolute Gasteiger partial charge is 0.317 e. The Kier molecular flexibility index (Phi) is 4.55. The maximum Gasteiger partial charge on any atom is 0.0535 e. The average molecular weight is 526 g/mol. The molecule has 0 aliphatic carbocycles. The van der Waals surface area contributed by atoms with Gasteiger partial charge in [-0.3, -0.25) is 0 Å². The second kappa shape index (κ2) is 8.29. The van der Waals surface area contributed by atoms with E-state index in [4.69, 9.17) is 0 Å². The van der Waals surface area contributed by atoms with Crippen molar-refractivity contribution in [2.75, 3.05) is 0 Å². The Labute approximate surface area is 235 Å². The molecule has 0 amide bonds. The number of benzene rings is 7. The first kappa shape index (κ1) is 22.0. The minimum Gasteiger partial charge on any atom is -0.317 e. The van der Waals surface area contributed by atoms with E-state index in [0.717, 1.165) is 0 Å². The van der Waals surface area contributed by atoms with Crippen molar-refractivity contribution in [1.82, 2.24) is 4.57 Å². The second-order valence-electron chi connectivity index (χ2n) is 10.6. The Bertz CT molecular complexity index is 2390. The number of hydrogen-bond donors (Lipinski definition) is 0. The predicted octanol–water partition coefficient (Wildman–Crippen LogP) is 11.1. The van der Waals surface area contributed by atoms with Gasteiger partial charge < -0.3 is 4.57 Å². The number of hydrogen-bond acceptors (Lipinski definition) is 1. The molecule has 0 aliphatic heterocycles. The third-order valence-electron chi connectivity index (χ3n) is 8.43. The lowest BCUT2D eigenvalue weighted by Gasteiger charge is -2.12. The highest BCUT2D eigenvalue weighted by molar-refractivity contribution is 7.26. The number of rotatable bonds is 2. The van der Waals surface area contributed by atoms with Crippen LogP contribution in [0.4, 0.5) is 0 Å². The molecule has 9 rings (SSSR count). The normalized spacial score (nSPS) is 12.0. The zero-order chi connectivity index (χ0) is 26.2. The van der Waals surface area contributed by atoms with Crippen LogP contribution in [0.1, 0.15) is 0 Å². The Balaban J connectivity index is 1.17. The summed E-state index contributed by atoms with van der Waals surface area (Å²) in [5.74, 6) is 0. The standard InChI is InChI=1S/C38H23NS/c1-2-9-29-27(7-1)28-8-3-4-10-30(28)34-23-25(15-18-31(29)34)24-13-16-26(17-14-24)39-22-21-32-35(39)19-20-37-38(32)33-11-5-6-12-36(33)40-37/h1-23H. The van der Waals surface area contributed by atoms with Crippen LogP contribution in [0.25, 0.3) is 80.2 Å². The predicted molar refractivity (Wildman–Crippen MR) is 174 cm³/mol. The van der Waals surface area contributed by atoms with Crippen LogP contribution in [-0.2, 0) is 0 Å². The Morgan fingerprint density at radius 2 is 1.00 bits per heavy atom. The smallest absolute Gasteiger partial charge is 0.0535 e. The molecule has 0 saturated carbocycles.